The summed E-state index contributed by atoms with van der Waals surface area (Å²) >= 11 is 9.36. The summed E-state index contributed by atoms with van der Waals surface area (Å²) in [5.41, 5.74) is 2.65. The van der Waals surface area contributed by atoms with Crippen LogP contribution in [0.1, 0.15) is 55.0 Å². The van der Waals surface area contributed by atoms with Crippen molar-refractivity contribution in [1.82, 2.24) is 25.3 Å². The molecule has 5 aliphatic rings. The van der Waals surface area contributed by atoms with Gasteiger partial charge in [-0.1, -0.05) is 30.8 Å². The van der Waals surface area contributed by atoms with Crippen LogP contribution in [0.3, 0.4) is 0 Å². The van der Waals surface area contributed by atoms with E-state index in [1.807, 2.05) is 16.7 Å². The maximum Gasteiger partial charge on any atom is 0.246 e. The number of amides is 1. The molecule has 1 saturated carbocycles. The first kappa shape index (κ1) is 29.4. The maximum absolute atomic E-state index is 12.6. The summed E-state index contributed by atoms with van der Waals surface area (Å²) in [6.45, 7) is 7.51. The highest BCUT2D eigenvalue weighted by Crippen LogP contribution is 2.57. The van der Waals surface area contributed by atoms with Gasteiger partial charge in [0.1, 0.15) is 0 Å². The molecule has 1 amide bonds. The molecule has 1 spiro atoms. The van der Waals surface area contributed by atoms with Gasteiger partial charge in [0.05, 0.1) is 36.7 Å². The van der Waals surface area contributed by atoms with Gasteiger partial charge in [0, 0.05) is 48.1 Å². The Morgan fingerprint density at radius 3 is 2.90 bits per heavy atom. The number of hydrogen-bond acceptors (Lipinski definition) is 8. The largest absolute Gasteiger partial charge is 0.348 e. The molecule has 1 aliphatic carbocycles. The van der Waals surface area contributed by atoms with Gasteiger partial charge < -0.3 is 14.5 Å². The minimum atomic E-state index is -0.262. The maximum atomic E-state index is 12.6. The molecule has 4 aliphatic heterocycles. The summed E-state index contributed by atoms with van der Waals surface area (Å²) in [4.78, 5) is 19.2. The number of nitrogens with zero attached hydrogens (tertiary/aromatic N) is 4. The van der Waals surface area contributed by atoms with E-state index in [-0.39, 0.29) is 40.6 Å². The number of likely N-dealkylation sites (tertiary alicyclic amines) is 1. The molecule has 8 atom stereocenters. The van der Waals surface area contributed by atoms with Crippen LogP contribution in [0, 0.1) is 17.2 Å². The second-order valence-corrected chi connectivity index (χ2v) is 14.3. The molecule has 6 rings (SSSR count). The van der Waals surface area contributed by atoms with E-state index in [4.69, 9.17) is 16.3 Å². The quantitative estimate of drug-likeness (QED) is 0.379. The van der Waals surface area contributed by atoms with Crippen molar-refractivity contribution in [2.24, 2.45) is 5.92 Å². The van der Waals surface area contributed by atoms with Gasteiger partial charge in [-0.3, -0.25) is 20.3 Å². The van der Waals surface area contributed by atoms with Gasteiger partial charge in [0.2, 0.25) is 5.91 Å². The molecule has 1 aromatic carbocycles. The molecule has 0 bridgehead atoms. The predicted molar refractivity (Wildman–Crippen MR) is 163 cm³/mol. The molecule has 10 heteroatoms. The molecule has 4 fully saturated rings. The van der Waals surface area contributed by atoms with E-state index in [2.05, 4.69) is 64.4 Å². The van der Waals surface area contributed by atoms with E-state index in [0.717, 1.165) is 38.1 Å². The van der Waals surface area contributed by atoms with Gasteiger partial charge >= 0.3 is 0 Å². The highest BCUT2D eigenvalue weighted by molar-refractivity contribution is 8.00. The number of piperazine rings is 1. The van der Waals surface area contributed by atoms with Crippen LogP contribution < -0.4 is 10.6 Å². The minimum Gasteiger partial charge on any atom is -0.348 e. The topological polar surface area (TPSA) is 83.9 Å². The Kier molecular flexibility index (Phi) is 9.00. The SMILES string of the molecule is C=CC(=O)N1CCN(C2NC(OCC3CCCN3C)NC3C[C@]4(CCC32)SCc2ccccc2C4Cl)CC1CC#N. The number of carbonyl (C=O) groups excluding carboxylic acids is 1. The van der Waals surface area contributed by atoms with Crippen LogP contribution in [0.25, 0.3) is 0 Å². The lowest BCUT2D eigenvalue weighted by atomic mass is 9.72. The number of thioether (sulfide) groups is 1. The van der Waals surface area contributed by atoms with Crippen LogP contribution in [-0.2, 0) is 15.3 Å². The van der Waals surface area contributed by atoms with Crippen LogP contribution in [0.2, 0.25) is 0 Å². The number of benzene rings is 1. The van der Waals surface area contributed by atoms with Gasteiger partial charge in [-0.05, 0) is 62.9 Å². The molecular weight excluding hydrogens is 556 g/mol. The van der Waals surface area contributed by atoms with Crippen molar-refractivity contribution in [3.63, 3.8) is 0 Å². The molecule has 0 aromatic heterocycles. The summed E-state index contributed by atoms with van der Waals surface area (Å²) in [7, 11) is 2.19. The van der Waals surface area contributed by atoms with Crippen molar-refractivity contribution < 1.29 is 9.53 Å². The lowest BCUT2D eigenvalue weighted by Gasteiger charge is -2.56. The van der Waals surface area contributed by atoms with Crippen LogP contribution >= 0.6 is 23.4 Å². The van der Waals surface area contributed by atoms with Gasteiger partial charge in [0.25, 0.3) is 0 Å². The Morgan fingerprint density at radius 1 is 1.27 bits per heavy atom. The summed E-state index contributed by atoms with van der Waals surface area (Å²) < 4.78 is 6.54. The van der Waals surface area contributed by atoms with E-state index in [9.17, 15) is 10.1 Å². The number of nitrogens with one attached hydrogen (secondary N) is 2. The Bertz CT molecular complexity index is 1170. The fourth-order valence-corrected chi connectivity index (χ4v) is 10.00. The Morgan fingerprint density at radius 2 is 2.12 bits per heavy atom. The van der Waals surface area contributed by atoms with E-state index in [1.165, 1.54) is 30.0 Å². The zero-order valence-corrected chi connectivity index (χ0v) is 25.6. The molecule has 1 aromatic rings. The zero-order valence-electron chi connectivity index (χ0n) is 24.0. The van der Waals surface area contributed by atoms with Gasteiger partial charge in [-0.2, -0.15) is 5.26 Å². The fraction of sp³-hybridized carbons (Fsp3) is 0.677. The van der Waals surface area contributed by atoms with Crippen molar-refractivity contribution in [2.75, 3.05) is 39.8 Å². The normalized spacial score (nSPS) is 37.8. The fourth-order valence-electron chi connectivity index (χ4n) is 7.86. The number of likely N-dealkylation sites (N-methyl/N-ethyl adjacent to an activating group) is 1. The third kappa shape index (κ3) is 5.82. The number of alkyl halides is 1. The standard InChI is InChI=1S/C31H43ClN6O2S/c1-3-27(39)38-16-15-37(18-22(38)11-13-33)29-25-10-12-31(28(32)24-9-5-4-7-21(24)20-41-31)17-26(25)34-30(35-29)40-19-23-8-6-14-36(23)2/h3-5,7,9,22-23,25-26,28-30,34-35H,1,6,8,10-12,14-20H2,2H3/t22?,23?,25?,26?,28?,29?,30?,31-/m0/s1. The van der Waals surface area contributed by atoms with E-state index >= 15 is 0 Å². The summed E-state index contributed by atoms with van der Waals surface area (Å²) in [6, 6.07) is 11.5. The molecule has 2 N–H and O–H groups in total. The number of hydrogen-bond donors (Lipinski definition) is 2. The lowest BCUT2D eigenvalue weighted by Crippen LogP contribution is -2.73. The Hall–Kier alpha value is -1.64. The molecule has 222 valence electrons. The van der Waals surface area contributed by atoms with Crippen molar-refractivity contribution in [3.8, 4) is 6.07 Å². The highest BCUT2D eigenvalue weighted by atomic mass is 35.5. The minimum absolute atomic E-state index is 0.0133. The van der Waals surface area contributed by atoms with E-state index < -0.39 is 0 Å². The number of nitriles is 1. The first-order chi connectivity index (χ1) is 19.9. The molecule has 3 saturated heterocycles. The van der Waals surface area contributed by atoms with Gasteiger partial charge in [-0.15, -0.1) is 23.4 Å². The second kappa shape index (κ2) is 12.5. The summed E-state index contributed by atoms with van der Waals surface area (Å²) in [5, 5.41) is 17.2. The number of fused-ring (bicyclic) bond motifs is 2. The molecule has 0 radical (unpaired) electrons. The third-order valence-corrected chi connectivity index (χ3v) is 12.6. The van der Waals surface area contributed by atoms with Crippen LogP contribution in [0.4, 0.5) is 0 Å². The smallest absolute Gasteiger partial charge is 0.246 e. The average Bonchev–Trinajstić information content (AvgIpc) is 3.41. The Balaban J connectivity index is 1.22. The molecule has 41 heavy (non-hydrogen) atoms. The van der Waals surface area contributed by atoms with Crippen molar-refractivity contribution in [3.05, 3.63) is 48.0 Å². The Labute approximate surface area is 253 Å². The first-order valence-corrected chi connectivity index (χ1v) is 16.6. The number of ether oxygens (including phenoxy) is 1. The van der Waals surface area contributed by atoms with Gasteiger partial charge in [-0.25, -0.2) is 0 Å². The van der Waals surface area contributed by atoms with E-state index in [0.29, 0.717) is 38.1 Å². The molecular formula is C31H43ClN6O2S. The van der Waals surface area contributed by atoms with Gasteiger partial charge in [0.15, 0.2) is 6.35 Å². The van der Waals surface area contributed by atoms with Crippen molar-refractivity contribution >= 4 is 29.3 Å². The second-order valence-electron chi connectivity index (χ2n) is 12.4. The number of rotatable bonds is 6. The van der Waals surface area contributed by atoms with Crippen molar-refractivity contribution in [2.45, 2.75) is 85.0 Å². The summed E-state index contributed by atoms with van der Waals surface area (Å²) in [5.74, 6) is 1.28. The number of carbonyl (C=O) groups is 1. The molecule has 7 unspecified atom stereocenters. The average molecular weight is 599 g/mol. The van der Waals surface area contributed by atoms with E-state index in [1.54, 1.807) is 0 Å². The predicted octanol–water partition coefficient (Wildman–Crippen LogP) is 3.65. The highest BCUT2D eigenvalue weighted by Gasteiger charge is 2.53. The molecule has 4 heterocycles. The third-order valence-electron chi connectivity index (χ3n) is 10.2. The van der Waals surface area contributed by atoms with Crippen LogP contribution in [-0.4, -0.2) is 95.8 Å². The van der Waals surface area contributed by atoms with Crippen molar-refractivity contribution in [1.29, 1.82) is 5.26 Å². The lowest BCUT2D eigenvalue weighted by molar-refractivity contribution is -0.135. The monoisotopic (exact) mass is 598 g/mol. The molecule has 8 nitrogen and oxygen atoms in total. The first-order valence-electron chi connectivity index (χ1n) is 15.2. The van der Waals surface area contributed by atoms with Crippen LogP contribution in [0.5, 0.6) is 0 Å². The zero-order chi connectivity index (χ0) is 28.6. The van der Waals surface area contributed by atoms with Crippen LogP contribution in [0.15, 0.2) is 36.9 Å². The summed E-state index contributed by atoms with van der Waals surface area (Å²) in [6.07, 6.45) is 7.02. The number of halogens is 1.